The number of piperazine rings is 1. The highest BCUT2D eigenvalue weighted by Crippen LogP contribution is 2.41. The normalized spacial score (nSPS) is 15.8. The maximum absolute atomic E-state index is 15.3. The lowest BCUT2D eigenvalue weighted by atomic mass is 10.1. The molecule has 0 atom stereocenters. The quantitative estimate of drug-likeness (QED) is 0.694. The van der Waals surface area contributed by atoms with Crippen LogP contribution in [0.4, 0.5) is 15.9 Å². The van der Waals surface area contributed by atoms with Gasteiger partial charge in [-0.15, -0.1) is 0 Å². The van der Waals surface area contributed by atoms with Crippen LogP contribution >= 0.6 is 0 Å². The van der Waals surface area contributed by atoms with Crippen molar-refractivity contribution >= 4 is 34.1 Å². The number of carboxylic acid groups (broad SMARTS) is 1. The Kier molecular flexibility index (Phi) is 4.39. The lowest BCUT2D eigenvalue weighted by Crippen LogP contribution is -2.47. The molecule has 31 heavy (non-hydrogen) atoms. The number of aromatic nitrogens is 2. The molecule has 2 aliphatic rings. The fourth-order valence-corrected chi connectivity index (χ4v) is 4.17. The standard InChI is InChI=1S/C22H19FN4O4/c1-13-12-31-21-18-14(20(28)15(22(29)30)11-27(13)18)10-16(23)19(21)26-8-6-25(7-9-26)17-4-2-3-5-24-17/h2-5,10-11H,1,6-9,12H2,(H,29,30). The van der Waals surface area contributed by atoms with Gasteiger partial charge in [0.2, 0.25) is 5.43 Å². The Bertz CT molecular complexity index is 1280. The zero-order valence-corrected chi connectivity index (χ0v) is 16.5. The molecular formula is C22H19FN4O4. The Labute approximate surface area is 176 Å². The number of hydrogen-bond donors (Lipinski definition) is 1. The van der Waals surface area contributed by atoms with Gasteiger partial charge in [0.1, 0.15) is 29.2 Å². The molecule has 1 fully saturated rings. The Morgan fingerprint density at radius 3 is 2.61 bits per heavy atom. The Morgan fingerprint density at radius 1 is 1.19 bits per heavy atom. The highest BCUT2D eigenvalue weighted by molar-refractivity contribution is 5.99. The third kappa shape index (κ3) is 3.00. The number of rotatable bonds is 3. The molecule has 1 saturated heterocycles. The van der Waals surface area contributed by atoms with Crippen LogP contribution in [0.2, 0.25) is 0 Å². The second kappa shape index (κ2) is 7.12. The molecule has 8 nitrogen and oxygen atoms in total. The van der Waals surface area contributed by atoms with E-state index in [-0.39, 0.29) is 23.4 Å². The topological polar surface area (TPSA) is 87.9 Å². The average molecular weight is 422 g/mol. The molecule has 0 saturated carbocycles. The van der Waals surface area contributed by atoms with E-state index in [0.717, 1.165) is 11.9 Å². The van der Waals surface area contributed by atoms with Gasteiger partial charge in [-0.25, -0.2) is 14.2 Å². The molecule has 0 amide bonds. The lowest BCUT2D eigenvalue weighted by molar-refractivity contribution is 0.0695. The molecule has 9 heteroatoms. The molecule has 0 unspecified atom stereocenters. The highest BCUT2D eigenvalue weighted by atomic mass is 19.1. The number of ether oxygens (including phenoxy) is 1. The number of aromatic carboxylic acids is 1. The molecule has 5 rings (SSSR count). The summed E-state index contributed by atoms with van der Waals surface area (Å²) in [4.78, 5) is 32.6. The van der Waals surface area contributed by atoms with Gasteiger partial charge in [-0.3, -0.25) is 4.79 Å². The predicted octanol–water partition coefficient (Wildman–Crippen LogP) is 2.42. The summed E-state index contributed by atoms with van der Waals surface area (Å²) in [6, 6.07) is 6.82. The first-order chi connectivity index (χ1) is 15.0. The van der Waals surface area contributed by atoms with Crippen molar-refractivity contribution in [2.24, 2.45) is 0 Å². The van der Waals surface area contributed by atoms with Gasteiger partial charge in [0, 0.05) is 38.6 Å². The van der Waals surface area contributed by atoms with E-state index in [1.807, 2.05) is 23.1 Å². The molecule has 3 aromatic rings. The zero-order valence-electron chi connectivity index (χ0n) is 16.5. The summed E-state index contributed by atoms with van der Waals surface area (Å²) in [5.74, 6) is -0.883. The van der Waals surface area contributed by atoms with Crippen molar-refractivity contribution in [1.82, 2.24) is 9.55 Å². The van der Waals surface area contributed by atoms with Crippen LogP contribution < -0.4 is 20.0 Å². The van der Waals surface area contributed by atoms with Crippen LogP contribution in [-0.2, 0) is 0 Å². The maximum atomic E-state index is 15.3. The summed E-state index contributed by atoms with van der Waals surface area (Å²) in [6.45, 7) is 6.32. The molecule has 2 aromatic heterocycles. The molecule has 2 aliphatic heterocycles. The molecular weight excluding hydrogens is 403 g/mol. The minimum Gasteiger partial charge on any atom is -0.483 e. The van der Waals surface area contributed by atoms with E-state index >= 15 is 4.39 Å². The van der Waals surface area contributed by atoms with Crippen LogP contribution in [0.5, 0.6) is 5.75 Å². The van der Waals surface area contributed by atoms with Gasteiger partial charge in [0.25, 0.3) is 0 Å². The Morgan fingerprint density at radius 2 is 1.94 bits per heavy atom. The first kappa shape index (κ1) is 19.1. The van der Waals surface area contributed by atoms with Crippen molar-refractivity contribution in [2.75, 3.05) is 42.6 Å². The summed E-state index contributed by atoms with van der Waals surface area (Å²) in [6.07, 6.45) is 2.97. The summed E-state index contributed by atoms with van der Waals surface area (Å²) < 4.78 is 22.6. The third-order valence-corrected chi connectivity index (χ3v) is 5.69. The fourth-order valence-electron chi connectivity index (χ4n) is 4.17. The van der Waals surface area contributed by atoms with E-state index in [9.17, 15) is 14.7 Å². The molecule has 1 N–H and O–H groups in total. The Hall–Kier alpha value is -3.88. The molecule has 4 heterocycles. The van der Waals surface area contributed by atoms with Crippen molar-refractivity contribution in [1.29, 1.82) is 0 Å². The van der Waals surface area contributed by atoms with Crippen molar-refractivity contribution in [3.63, 3.8) is 0 Å². The average Bonchev–Trinajstić information content (AvgIpc) is 2.78. The number of carboxylic acids is 1. The minimum absolute atomic E-state index is 0.0379. The van der Waals surface area contributed by atoms with Crippen molar-refractivity contribution < 1.29 is 19.0 Å². The smallest absolute Gasteiger partial charge is 0.341 e. The zero-order chi connectivity index (χ0) is 21.7. The van der Waals surface area contributed by atoms with Crippen molar-refractivity contribution in [3.8, 4) is 5.75 Å². The van der Waals surface area contributed by atoms with E-state index in [0.29, 0.717) is 37.4 Å². The summed E-state index contributed by atoms with van der Waals surface area (Å²) in [5.41, 5.74) is -0.0921. The minimum atomic E-state index is -1.37. The summed E-state index contributed by atoms with van der Waals surface area (Å²) in [7, 11) is 0. The largest absolute Gasteiger partial charge is 0.483 e. The van der Waals surface area contributed by atoms with E-state index in [1.54, 1.807) is 6.20 Å². The monoisotopic (exact) mass is 422 g/mol. The van der Waals surface area contributed by atoms with Gasteiger partial charge in [0.05, 0.1) is 11.1 Å². The molecule has 1 aromatic carbocycles. The molecule has 0 bridgehead atoms. The fraction of sp³-hybridized carbons (Fsp3) is 0.227. The van der Waals surface area contributed by atoms with Crippen LogP contribution in [0.25, 0.3) is 16.6 Å². The third-order valence-electron chi connectivity index (χ3n) is 5.69. The second-order valence-corrected chi connectivity index (χ2v) is 7.50. The summed E-state index contributed by atoms with van der Waals surface area (Å²) in [5, 5.41) is 9.34. The van der Waals surface area contributed by atoms with E-state index in [4.69, 9.17) is 4.74 Å². The van der Waals surface area contributed by atoms with Crippen LogP contribution in [0, 0.1) is 5.82 Å². The number of carbonyl (C=O) groups is 1. The second-order valence-electron chi connectivity index (χ2n) is 7.50. The van der Waals surface area contributed by atoms with Gasteiger partial charge >= 0.3 is 5.97 Å². The molecule has 0 spiro atoms. The first-order valence-electron chi connectivity index (χ1n) is 9.82. The van der Waals surface area contributed by atoms with Crippen LogP contribution in [0.3, 0.4) is 0 Å². The van der Waals surface area contributed by atoms with Crippen LogP contribution in [-0.4, -0.2) is 53.4 Å². The van der Waals surface area contributed by atoms with Gasteiger partial charge in [-0.05, 0) is 18.2 Å². The predicted molar refractivity (Wildman–Crippen MR) is 115 cm³/mol. The van der Waals surface area contributed by atoms with Gasteiger partial charge < -0.3 is 24.2 Å². The lowest BCUT2D eigenvalue weighted by Gasteiger charge is -2.38. The molecule has 0 radical (unpaired) electrons. The number of benzene rings is 1. The first-order valence-corrected chi connectivity index (χ1v) is 9.82. The highest BCUT2D eigenvalue weighted by Gasteiger charge is 2.30. The maximum Gasteiger partial charge on any atom is 0.341 e. The summed E-state index contributed by atoms with van der Waals surface area (Å²) >= 11 is 0. The molecule has 158 valence electrons. The number of halogens is 1. The van der Waals surface area contributed by atoms with E-state index in [2.05, 4.69) is 16.5 Å². The van der Waals surface area contributed by atoms with Crippen LogP contribution in [0.15, 0.2) is 48.0 Å². The van der Waals surface area contributed by atoms with Crippen LogP contribution in [0.1, 0.15) is 10.4 Å². The Balaban J connectivity index is 1.59. The van der Waals surface area contributed by atoms with Crippen molar-refractivity contribution in [3.05, 3.63) is 64.8 Å². The molecule has 0 aliphatic carbocycles. The van der Waals surface area contributed by atoms with E-state index < -0.39 is 22.8 Å². The number of hydrogen-bond acceptors (Lipinski definition) is 6. The van der Waals surface area contributed by atoms with E-state index in [1.165, 1.54) is 10.8 Å². The SMILES string of the molecule is C=C1COc2c(N3CCN(c4ccccn4)CC3)c(F)cc3c(=O)c(C(=O)O)cn1c23. The van der Waals surface area contributed by atoms with Gasteiger partial charge in [-0.1, -0.05) is 12.6 Å². The van der Waals surface area contributed by atoms with Gasteiger partial charge in [0.15, 0.2) is 11.6 Å². The number of pyridine rings is 2. The number of anilines is 2. The van der Waals surface area contributed by atoms with Gasteiger partial charge in [-0.2, -0.15) is 0 Å². The number of nitrogens with zero attached hydrogens (tertiary/aromatic N) is 4. The van der Waals surface area contributed by atoms with Crippen molar-refractivity contribution in [2.45, 2.75) is 0 Å².